The fraction of sp³-hybridized carbons (Fsp3) is 0.238. The van der Waals surface area contributed by atoms with E-state index in [0.29, 0.717) is 11.4 Å². The molecular weight excluding hydrogens is 394 g/mol. The van der Waals surface area contributed by atoms with Crippen molar-refractivity contribution in [2.45, 2.75) is 6.42 Å². The van der Waals surface area contributed by atoms with Gasteiger partial charge in [-0.2, -0.15) is 0 Å². The van der Waals surface area contributed by atoms with Crippen LogP contribution in [0.15, 0.2) is 65.2 Å². The van der Waals surface area contributed by atoms with Crippen molar-refractivity contribution in [2.75, 3.05) is 4.90 Å². The van der Waals surface area contributed by atoms with E-state index in [1.807, 2.05) is 24.3 Å². The summed E-state index contributed by atoms with van der Waals surface area (Å²) in [4.78, 5) is 27.0. The summed E-state index contributed by atoms with van der Waals surface area (Å²) in [5, 5.41) is 0. The van der Waals surface area contributed by atoms with Crippen molar-refractivity contribution in [1.29, 1.82) is 0 Å². The molecule has 1 heterocycles. The standard InChI is InChI=1S/C21H16BrNO3/c22-14-3-7-16(8-4-14)26-17-9-5-15(6-10-17)23-20(24)18-12-1-2-13(11-12)19(18)21(23)25/h1-10,12-13,18-19H,11H2/t12-,13+,18+,19-. The molecule has 4 atom stereocenters. The van der Waals surface area contributed by atoms with E-state index in [2.05, 4.69) is 28.1 Å². The number of carbonyl (C=O) groups excluding carboxylic acids is 2. The van der Waals surface area contributed by atoms with Crippen LogP contribution in [0.25, 0.3) is 0 Å². The number of carbonyl (C=O) groups is 2. The molecular formula is C21H16BrNO3. The summed E-state index contributed by atoms with van der Waals surface area (Å²) in [5.41, 5.74) is 0.622. The van der Waals surface area contributed by atoms with Gasteiger partial charge in [0.2, 0.25) is 11.8 Å². The third-order valence-corrected chi connectivity index (χ3v) is 6.14. The molecule has 2 amide bonds. The number of hydrogen-bond donors (Lipinski definition) is 0. The van der Waals surface area contributed by atoms with E-state index in [9.17, 15) is 9.59 Å². The predicted molar refractivity (Wildman–Crippen MR) is 101 cm³/mol. The fourth-order valence-electron chi connectivity index (χ4n) is 4.46. The van der Waals surface area contributed by atoms with Gasteiger partial charge in [-0.05, 0) is 66.8 Å². The fourth-order valence-corrected chi connectivity index (χ4v) is 4.72. The highest BCUT2D eigenvalue weighted by molar-refractivity contribution is 9.10. The number of nitrogens with zero attached hydrogens (tertiary/aromatic N) is 1. The van der Waals surface area contributed by atoms with Crippen LogP contribution in [0.5, 0.6) is 11.5 Å². The molecule has 5 heteroatoms. The van der Waals surface area contributed by atoms with Gasteiger partial charge in [0.15, 0.2) is 0 Å². The SMILES string of the molecule is O=C1[C@@H]2[C@H](C(=O)N1c1ccc(Oc3ccc(Br)cc3)cc1)[C@H]1C=C[C@@H]2C1. The molecule has 130 valence electrons. The van der Waals surface area contributed by atoms with Gasteiger partial charge in [0, 0.05) is 4.47 Å². The number of rotatable bonds is 3. The molecule has 0 N–H and O–H groups in total. The Balaban J connectivity index is 1.37. The van der Waals surface area contributed by atoms with Crippen LogP contribution >= 0.6 is 15.9 Å². The molecule has 2 aromatic rings. The summed E-state index contributed by atoms with van der Waals surface area (Å²) in [7, 11) is 0. The number of hydrogen-bond acceptors (Lipinski definition) is 3. The topological polar surface area (TPSA) is 46.6 Å². The lowest BCUT2D eigenvalue weighted by Crippen LogP contribution is -2.32. The van der Waals surface area contributed by atoms with E-state index in [0.717, 1.165) is 16.6 Å². The van der Waals surface area contributed by atoms with Gasteiger partial charge in [-0.1, -0.05) is 28.1 Å². The average Bonchev–Trinajstić information content (AvgIpc) is 3.32. The van der Waals surface area contributed by atoms with Crippen molar-refractivity contribution in [3.05, 3.63) is 65.2 Å². The van der Waals surface area contributed by atoms with Crippen LogP contribution in [-0.2, 0) is 9.59 Å². The van der Waals surface area contributed by atoms with Gasteiger partial charge in [0.25, 0.3) is 0 Å². The summed E-state index contributed by atoms with van der Waals surface area (Å²) in [6.07, 6.45) is 5.16. The molecule has 2 fully saturated rings. The molecule has 1 saturated carbocycles. The van der Waals surface area contributed by atoms with Crippen molar-refractivity contribution >= 4 is 33.4 Å². The normalized spacial score (nSPS) is 28.7. The Kier molecular flexibility index (Phi) is 3.54. The number of imide groups is 1. The van der Waals surface area contributed by atoms with Crippen LogP contribution in [0.3, 0.4) is 0 Å². The van der Waals surface area contributed by atoms with Gasteiger partial charge in [0.05, 0.1) is 17.5 Å². The summed E-state index contributed by atoms with van der Waals surface area (Å²) >= 11 is 3.39. The van der Waals surface area contributed by atoms with E-state index in [1.54, 1.807) is 24.3 Å². The molecule has 3 aliphatic rings. The highest BCUT2D eigenvalue weighted by atomic mass is 79.9. The number of anilines is 1. The van der Waals surface area contributed by atoms with Crippen molar-refractivity contribution < 1.29 is 14.3 Å². The van der Waals surface area contributed by atoms with E-state index in [1.165, 1.54) is 4.90 Å². The molecule has 0 unspecified atom stereocenters. The molecule has 0 aromatic heterocycles. The van der Waals surface area contributed by atoms with Gasteiger partial charge in [-0.25, -0.2) is 0 Å². The number of allylic oxidation sites excluding steroid dienone is 2. The number of amides is 2. The first-order valence-corrected chi connectivity index (χ1v) is 9.51. The first-order valence-electron chi connectivity index (χ1n) is 8.71. The maximum atomic E-state index is 12.8. The molecule has 26 heavy (non-hydrogen) atoms. The minimum absolute atomic E-state index is 0.0570. The highest BCUT2D eigenvalue weighted by Crippen LogP contribution is 2.53. The van der Waals surface area contributed by atoms with Gasteiger partial charge < -0.3 is 4.74 Å². The summed E-state index contributed by atoms with van der Waals surface area (Å²) < 4.78 is 6.79. The van der Waals surface area contributed by atoms with Crippen molar-refractivity contribution in [3.63, 3.8) is 0 Å². The Morgan fingerprint density at radius 1 is 0.808 bits per heavy atom. The van der Waals surface area contributed by atoms with E-state index in [4.69, 9.17) is 4.74 Å². The third-order valence-electron chi connectivity index (χ3n) is 5.61. The Morgan fingerprint density at radius 3 is 1.85 bits per heavy atom. The summed E-state index contributed by atoms with van der Waals surface area (Å²) in [6, 6.07) is 14.7. The number of benzene rings is 2. The Hall–Kier alpha value is -2.40. The maximum Gasteiger partial charge on any atom is 0.238 e. The van der Waals surface area contributed by atoms with Crippen molar-refractivity contribution in [3.8, 4) is 11.5 Å². The zero-order chi connectivity index (χ0) is 17.8. The maximum absolute atomic E-state index is 12.8. The molecule has 2 aliphatic carbocycles. The number of fused-ring (bicyclic) bond motifs is 5. The van der Waals surface area contributed by atoms with Crippen LogP contribution < -0.4 is 9.64 Å². The molecule has 1 aliphatic heterocycles. The van der Waals surface area contributed by atoms with E-state index < -0.39 is 0 Å². The second-order valence-electron chi connectivity index (χ2n) is 7.06. The van der Waals surface area contributed by atoms with Gasteiger partial charge in [-0.15, -0.1) is 0 Å². The van der Waals surface area contributed by atoms with Crippen LogP contribution in [0, 0.1) is 23.7 Å². The molecule has 1 saturated heterocycles. The summed E-state index contributed by atoms with van der Waals surface area (Å²) in [6.45, 7) is 0. The van der Waals surface area contributed by atoms with Crippen molar-refractivity contribution in [1.82, 2.24) is 0 Å². The highest BCUT2D eigenvalue weighted by Gasteiger charge is 2.59. The number of halogens is 1. The zero-order valence-corrected chi connectivity index (χ0v) is 15.4. The summed E-state index contributed by atoms with van der Waals surface area (Å²) in [5.74, 6) is 1.39. The minimum Gasteiger partial charge on any atom is -0.457 e. The van der Waals surface area contributed by atoms with Gasteiger partial charge in [0.1, 0.15) is 11.5 Å². The Morgan fingerprint density at radius 2 is 1.31 bits per heavy atom. The molecule has 2 aromatic carbocycles. The quantitative estimate of drug-likeness (QED) is 0.551. The first-order chi connectivity index (χ1) is 12.6. The lowest BCUT2D eigenvalue weighted by molar-refractivity contribution is -0.123. The second kappa shape index (κ2) is 5.81. The zero-order valence-electron chi connectivity index (χ0n) is 13.8. The number of ether oxygens (including phenoxy) is 1. The molecule has 0 radical (unpaired) electrons. The van der Waals surface area contributed by atoms with Crippen LogP contribution in [-0.4, -0.2) is 11.8 Å². The van der Waals surface area contributed by atoms with Crippen LogP contribution in [0.4, 0.5) is 5.69 Å². The molecule has 4 nitrogen and oxygen atoms in total. The minimum atomic E-state index is -0.170. The second-order valence-corrected chi connectivity index (χ2v) is 7.98. The molecule has 5 rings (SSSR count). The smallest absolute Gasteiger partial charge is 0.238 e. The lowest BCUT2D eigenvalue weighted by atomic mass is 9.85. The monoisotopic (exact) mass is 409 g/mol. The molecule has 0 spiro atoms. The lowest BCUT2D eigenvalue weighted by Gasteiger charge is -2.17. The Labute approximate surface area is 159 Å². The third kappa shape index (κ3) is 2.34. The van der Waals surface area contributed by atoms with Crippen LogP contribution in [0.2, 0.25) is 0 Å². The van der Waals surface area contributed by atoms with Gasteiger partial charge >= 0.3 is 0 Å². The predicted octanol–water partition coefficient (Wildman–Crippen LogP) is 4.55. The van der Waals surface area contributed by atoms with E-state index >= 15 is 0 Å². The average molecular weight is 410 g/mol. The van der Waals surface area contributed by atoms with E-state index in [-0.39, 0.29) is 35.5 Å². The Bertz CT molecular complexity index is 889. The van der Waals surface area contributed by atoms with Gasteiger partial charge in [-0.3, -0.25) is 14.5 Å². The largest absolute Gasteiger partial charge is 0.457 e. The van der Waals surface area contributed by atoms with Crippen LogP contribution in [0.1, 0.15) is 6.42 Å². The van der Waals surface area contributed by atoms with Crippen molar-refractivity contribution in [2.24, 2.45) is 23.7 Å². The first kappa shape index (κ1) is 15.8. The molecule has 2 bridgehead atoms.